The van der Waals surface area contributed by atoms with Crippen LogP contribution >= 0.6 is 0 Å². The summed E-state index contributed by atoms with van der Waals surface area (Å²) >= 11 is 0. The zero-order chi connectivity index (χ0) is 47.7. The summed E-state index contributed by atoms with van der Waals surface area (Å²) < 4.78 is 0. The van der Waals surface area contributed by atoms with Crippen LogP contribution in [-0.4, -0.2) is 0 Å². The first-order valence-electron chi connectivity index (χ1n) is 24.6. The Kier molecular flexibility index (Phi) is 11.5. The molecule has 0 fully saturated rings. The molecule has 68 heavy (non-hydrogen) atoms. The Morgan fingerprint density at radius 3 is 1.04 bits per heavy atom. The Morgan fingerprint density at radius 2 is 0.676 bits per heavy atom. The van der Waals surface area contributed by atoms with E-state index in [0.717, 1.165) is 0 Å². The zero-order valence-electron chi connectivity index (χ0n) is 42.1. The summed E-state index contributed by atoms with van der Waals surface area (Å²) in [6.07, 6.45) is 0. The van der Waals surface area contributed by atoms with Gasteiger partial charge in [0.25, 0.3) is 0 Å². The smallest absolute Gasteiger partial charge is 0.0543 e. The van der Waals surface area contributed by atoms with Crippen molar-refractivity contribution in [1.29, 1.82) is 0 Å². The fourth-order valence-electron chi connectivity index (χ4n) is 11.2. The highest BCUT2D eigenvalue weighted by molar-refractivity contribution is 6.29. The topological polar surface area (TPSA) is 6.48 Å². The van der Waals surface area contributed by atoms with E-state index in [4.69, 9.17) is 0 Å². The summed E-state index contributed by atoms with van der Waals surface area (Å²) in [4.78, 5) is 5.23. The van der Waals surface area contributed by atoms with Gasteiger partial charge in [0.05, 0.1) is 22.7 Å². The van der Waals surface area contributed by atoms with Gasteiger partial charge in [-0.15, -0.1) is 0 Å². The standard InChI is InChI=1S/C66H64N2/c1-39(2)57-37-61(67(59-35-41(5)23-25-43(59)7)65-45(9)27-29-51(47(65)11)49-19-15-13-16-20-49)55-34-32-54-58(40(3)4)38-62(56-33-31-53(57)63(55)64(54)56)68(60-36-42(6)24-26-44(60)8)66-46(10)28-30-52(48(66)12)50-21-17-14-18-22-50/h13-40H,1-12H3. The summed E-state index contributed by atoms with van der Waals surface area (Å²) in [5.74, 6) is 0.552. The summed E-state index contributed by atoms with van der Waals surface area (Å²) in [5.41, 5.74) is 25.0. The number of hydrogen-bond acceptors (Lipinski definition) is 2. The van der Waals surface area contributed by atoms with Crippen LogP contribution in [-0.2, 0) is 0 Å². The molecule has 0 spiro atoms. The van der Waals surface area contributed by atoms with Crippen LogP contribution in [0.3, 0.4) is 0 Å². The SMILES string of the molecule is Cc1ccc(C)c(N(c2c(C)ccc(-c3ccccc3)c2C)c2cc(C(C)C)c3ccc4c(N(c5cc(C)ccc5C)c5c(C)ccc(-c6ccccc6)c5C)cc(C(C)C)c5ccc2c3c54)c1. The molecule has 0 aliphatic carbocycles. The first-order chi connectivity index (χ1) is 32.7. The van der Waals surface area contributed by atoms with Gasteiger partial charge < -0.3 is 9.80 Å². The van der Waals surface area contributed by atoms with E-state index < -0.39 is 0 Å². The van der Waals surface area contributed by atoms with Crippen LogP contribution in [0.25, 0.3) is 54.6 Å². The van der Waals surface area contributed by atoms with Gasteiger partial charge >= 0.3 is 0 Å². The molecule has 0 unspecified atom stereocenters. The van der Waals surface area contributed by atoms with Crippen molar-refractivity contribution >= 4 is 66.4 Å². The maximum Gasteiger partial charge on any atom is 0.0543 e. The predicted octanol–water partition coefficient (Wildman–Crippen LogP) is 19.6. The minimum atomic E-state index is 0.276. The average molecular weight is 885 g/mol. The van der Waals surface area contributed by atoms with Crippen LogP contribution in [0.4, 0.5) is 34.1 Å². The molecule has 10 aromatic rings. The molecule has 0 aliphatic rings. The molecule has 0 radical (unpaired) electrons. The molecule has 0 aliphatic heterocycles. The van der Waals surface area contributed by atoms with Crippen LogP contribution < -0.4 is 9.80 Å². The third-order valence-electron chi connectivity index (χ3n) is 14.7. The molecule has 0 saturated carbocycles. The quantitative estimate of drug-likeness (QED) is 0.126. The lowest BCUT2D eigenvalue weighted by atomic mass is 9.83. The Bertz CT molecular complexity index is 3300. The van der Waals surface area contributed by atoms with Gasteiger partial charge in [-0.05, 0) is 191 Å². The van der Waals surface area contributed by atoms with Crippen LogP contribution in [0.2, 0.25) is 0 Å². The minimum absolute atomic E-state index is 0.276. The van der Waals surface area contributed by atoms with Gasteiger partial charge in [0.15, 0.2) is 0 Å². The normalized spacial score (nSPS) is 11.8. The van der Waals surface area contributed by atoms with Crippen molar-refractivity contribution in [3.05, 3.63) is 213 Å². The highest BCUT2D eigenvalue weighted by Crippen LogP contribution is 2.54. The lowest BCUT2D eigenvalue weighted by molar-refractivity contribution is 0.875. The highest BCUT2D eigenvalue weighted by Gasteiger charge is 2.29. The maximum atomic E-state index is 2.62. The molecule has 2 heteroatoms. The zero-order valence-corrected chi connectivity index (χ0v) is 42.1. The van der Waals surface area contributed by atoms with Crippen LogP contribution in [0.5, 0.6) is 0 Å². The van der Waals surface area contributed by atoms with Crippen molar-refractivity contribution in [2.24, 2.45) is 0 Å². The molecule has 0 saturated heterocycles. The minimum Gasteiger partial charge on any atom is -0.309 e. The second kappa shape index (κ2) is 17.5. The molecule has 0 atom stereocenters. The average Bonchev–Trinajstić information content (AvgIpc) is 3.33. The summed E-state index contributed by atoms with van der Waals surface area (Å²) in [6.45, 7) is 27.7. The third-order valence-corrected chi connectivity index (χ3v) is 14.7. The second-order valence-corrected chi connectivity index (χ2v) is 20.1. The third kappa shape index (κ3) is 7.42. The van der Waals surface area contributed by atoms with Crippen LogP contribution in [0.1, 0.15) is 95.2 Å². The summed E-state index contributed by atoms with van der Waals surface area (Å²) in [7, 11) is 0. The van der Waals surface area contributed by atoms with E-state index in [1.165, 1.54) is 144 Å². The first kappa shape index (κ1) is 44.7. The molecule has 0 bridgehead atoms. The lowest BCUT2D eigenvalue weighted by Crippen LogP contribution is -2.17. The van der Waals surface area contributed by atoms with Gasteiger partial charge in [-0.3, -0.25) is 0 Å². The fourth-order valence-corrected chi connectivity index (χ4v) is 11.2. The number of anilines is 6. The second-order valence-electron chi connectivity index (χ2n) is 20.1. The monoisotopic (exact) mass is 885 g/mol. The van der Waals surface area contributed by atoms with Crippen molar-refractivity contribution in [2.45, 2.75) is 94.9 Å². The molecule has 10 aromatic carbocycles. The van der Waals surface area contributed by atoms with Gasteiger partial charge in [-0.1, -0.05) is 161 Å². The van der Waals surface area contributed by atoms with Gasteiger partial charge in [0.1, 0.15) is 0 Å². The first-order valence-corrected chi connectivity index (χ1v) is 24.6. The number of rotatable bonds is 10. The fraction of sp³-hybridized carbons (Fsp3) is 0.212. The van der Waals surface area contributed by atoms with Crippen molar-refractivity contribution < 1.29 is 0 Å². The van der Waals surface area contributed by atoms with E-state index in [2.05, 4.69) is 251 Å². The van der Waals surface area contributed by atoms with Gasteiger partial charge in [-0.25, -0.2) is 0 Å². The Morgan fingerprint density at radius 1 is 0.324 bits per heavy atom. The van der Waals surface area contributed by atoms with E-state index in [9.17, 15) is 0 Å². The van der Waals surface area contributed by atoms with Crippen molar-refractivity contribution in [2.75, 3.05) is 9.80 Å². The van der Waals surface area contributed by atoms with Gasteiger partial charge in [0, 0.05) is 22.1 Å². The molecule has 0 heterocycles. The van der Waals surface area contributed by atoms with Crippen LogP contribution in [0.15, 0.2) is 158 Å². The Balaban J connectivity index is 1.36. The molecular formula is C66H64N2. The predicted molar refractivity (Wildman–Crippen MR) is 296 cm³/mol. The summed E-state index contributed by atoms with van der Waals surface area (Å²) in [6, 6.07) is 59.7. The molecule has 338 valence electrons. The van der Waals surface area contributed by atoms with Gasteiger partial charge in [-0.2, -0.15) is 0 Å². The summed E-state index contributed by atoms with van der Waals surface area (Å²) in [5, 5.41) is 7.84. The van der Waals surface area contributed by atoms with Gasteiger partial charge in [0.2, 0.25) is 0 Å². The molecule has 2 nitrogen and oxygen atoms in total. The van der Waals surface area contributed by atoms with Crippen LogP contribution in [0, 0.1) is 55.4 Å². The van der Waals surface area contributed by atoms with Crippen molar-refractivity contribution in [1.82, 2.24) is 0 Å². The Labute approximate surface area is 404 Å². The molecule has 0 N–H and O–H groups in total. The van der Waals surface area contributed by atoms with E-state index in [1.54, 1.807) is 0 Å². The number of nitrogens with zero attached hydrogens (tertiary/aromatic N) is 2. The maximum absolute atomic E-state index is 2.62. The van der Waals surface area contributed by atoms with E-state index >= 15 is 0 Å². The molecule has 0 amide bonds. The highest BCUT2D eigenvalue weighted by atomic mass is 15.2. The largest absolute Gasteiger partial charge is 0.309 e. The number of aryl methyl sites for hydroxylation is 6. The molecule has 0 aromatic heterocycles. The van der Waals surface area contributed by atoms with Crippen molar-refractivity contribution in [3.63, 3.8) is 0 Å². The number of hydrogen-bond donors (Lipinski definition) is 0. The van der Waals surface area contributed by atoms with Crippen molar-refractivity contribution in [3.8, 4) is 22.3 Å². The number of benzene rings is 10. The van der Waals surface area contributed by atoms with E-state index in [0.29, 0.717) is 0 Å². The van der Waals surface area contributed by atoms with E-state index in [1.807, 2.05) is 0 Å². The lowest BCUT2D eigenvalue weighted by Gasteiger charge is -2.35. The van der Waals surface area contributed by atoms with E-state index in [-0.39, 0.29) is 11.8 Å². The molecular weight excluding hydrogens is 821 g/mol. The molecule has 10 rings (SSSR count). The Hall–Kier alpha value is -7.16.